The van der Waals surface area contributed by atoms with E-state index in [0.717, 1.165) is 23.8 Å². The number of phenols is 1. The standard InChI is InChI=1S/C20H16F3N5O/c1-26-10-11-3-2-4-12(7-11)17-15(9-24)18(25)28-19(27-17)14-8-13(20(21,22)23)5-6-16(14)29/h2-8,26,29H,10H2,1H3,(H2,25,27,28). The number of nitrogens with one attached hydrogen (secondary N) is 1. The van der Waals surface area contributed by atoms with Crippen LogP contribution in [0.15, 0.2) is 42.5 Å². The number of nitrogens with zero attached hydrogens (tertiary/aromatic N) is 3. The first-order valence-corrected chi connectivity index (χ1v) is 8.46. The zero-order chi connectivity index (χ0) is 21.2. The first-order valence-electron chi connectivity index (χ1n) is 8.46. The highest BCUT2D eigenvalue weighted by atomic mass is 19.4. The third-order valence-corrected chi connectivity index (χ3v) is 4.19. The molecule has 1 heterocycles. The van der Waals surface area contributed by atoms with Gasteiger partial charge in [-0.25, -0.2) is 9.97 Å². The van der Waals surface area contributed by atoms with Crippen molar-refractivity contribution >= 4 is 5.82 Å². The van der Waals surface area contributed by atoms with Crippen LogP contribution in [0, 0.1) is 11.3 Å². The highest BCUT2D eigenvalue weighted by Crippen LogP contribution is 2.37. The third kappa shape index (κ3) is 4.12. The predicted octanol–water partition coefficient (Wildman–Crippen LogP) is 3.71. The van der Waals surface area contributed by atoms with Crippen molar-refractivity contribution in [2.45, 2.75) is 12.7 Å². The molecule has 0 aliphatic carbocycles. The van der Waals surface area contributed by atoms with E-state index in [1.54, 1.807) is 25.2 Å². The van der Waals surface area contributed by atoms with Crippen molar-refractivity contribution in [1.82, 2.24) is 15.3 Å². The van der Waals surface area contributed by atoms with E-state index in [4.69, 9.17) is 5.73 Å². The van der Waals surface area contributed by atoms with Gasteiger partial charge in [-0.1, -0.05) is 18.2 Å². The molecule has 3 aromatic rings. The van der Waals surface area contributed by atoms with Crippen LogP contribution in [0.25, 0.3) is 22.6 Å². The van der Waals surface area contributed by atoms with E-state index in [1.165, 1.54) is 0 Å². The molecule has 0 atom stereocenters. The van der Waals surface area contributed by atoms with E-state index < -0.39 is 17.5 Å². The molecule has 0 unspecified atom stereocenters. The number of rotatable bonds is 4. The first-order chi connectivity index (χ1) is 13.7. The Balaban J connectivity index is 2.22. The Morgan fingerprint density at radius 3 is 2.59 bits per heavy atom. The molecule has 0 spiro atoms. The molecule has 148 valence electrons. The summed E-state index contributed by atoms with van der Waals surface area (Å²) in [5.41, 5.74) is 6.33. The lowest BCUT2D eigenvalue weighted by Crippen LogP contribution is -2.07. The normalized spacial score (nSPS) is 11.3. The Morgan fingerprint density at radius 2 is 1.93 bits per heavy atom. The summed E-state index contributed by atoms with van der Waals surface area (Å²) in [5, 5.41) is 22.6. The van der Waals surface area contributed by atoms with Crippen molar-refractivity contribution in [3.8, 4) is 34.5 Å². The maximum atomic E-state index is 13.1. The molecule has 6 nitrogen and oxygen atoms in total. The molecule has 0 saturated carbocycles. The van der Waals surface area contributed by atoms with Gasteiger partial charge in [0.25, 0.3) is 0 Å². The average molecular weight is 399 g/mol. The summed E-state index contributed by atoms with van der Waals surface area (Å²) in [6.07, 6.45) is -4.61. The van der Waals surface area contributed by atoms with Crippen molar-refractivity contribution in [3.05, 3.63) is 59.2 Å². The number of nitrogen functional groups attached to an aromatic ring is 1. The van der Waals surface area contributed by atoms with E-state index in [2.05, 4.69) is 15.3 Å². The van der Waals surface area contributed by atoms with Crippen molar-refractivity contribution in [1.29, 1.82) is 5.26 Å². The molecule has 29 heavy (non-hydrogen) atoms. The fraction of sp³-hybridized carbons (Fsp3) is 0.150. The van der Waals surface area contributed by atoms with Crippen LogP contribution in [0.3, 0.4) is 0 Å². The van der Waals surface area contributed by atoms with Gasteiger partial charge in [-0.3, -0.25) is 0 Å². The maximum Gasteiger partial charge on any atom is 0.416 e. The van der Waals surface area contributed by atoms with E-state index in [0.29, 0.717) is 12.1 Å². The second-order valence-corrected chi connectivity index (χ2v) is 6.23. The number of hydrogen-bond acceptors (Lipinski definition) is 6. The van der Waals surface area contributed by atoms with Crippen LogP contribution in [0.4, 0.5) is 19.0 Å². The molecular formula is C20H16F3N5O. The summed E-state index contributed by atoms with van der Waals surface area (Å²) in [7, 11) is 1.78. The molecule has 1 aromatic heterocycles. The van der Waals surface area contributed by atoms with Crippen molar-refractivity contribution in [2.75, 3.05) is 12.8 Å². The quantitative estimate of drug-likeness (QED) is 0.617. The number of nitriles is 1. The number of aromatic nitrogens is 2. The molecule has 0 saturated heterocycles. The number of anilines is 1. The minimum Gasteiger partial charge on any atom is -0.507 e. The number of halogens is 3. The molecular weight excluding hydrogens is 383 g/mol. The molecule has 0 fully saturated rings. The van der Waals surface area contributed by atoms with Gasteiger partial charge < -0.3 is 16.2 Å². The topological polar surface area (TPSA) is 108 Å². The highest BCUT2D eigenvalue weighted by molar-refractivity contribution is 5.76. The van der Waals surface area contributed by atoms with Crippen LogP contribution in [-0.4, -0.2) is 22.1 Å². The summed E-state index contributed by atoms with van der Waals surface area (Å²) in [6, 6.07) is 11.5. The lowest BCUT2D eigenvalue weighted by molar-refractivity contribution is -0.137. The smallest absolute Gasteiger partial charge is 0.416 e. The SMILES string of the molecule is CNCc1cccc(-c2nc(-c3cc(C(F)(F)F)ccc3O)nc(N)c2C#N)c1. The summed E-state index contributed by atoms with van der Waals surface area (Å²) >= 11 is 0. The molecule has 0 aliphatic rings. The van der Waals surface area contributed by atoms with Crippen molar-refractivity contribution < 1.29 is 18.3 Å². The molecule has 0 aliphatic heterocycles. The molecule has 0 bridgehead atoms. The van der Waals surface area contributed by atoms with Crippen LogP contribution in [0.1, 0.15) is 16.7 Å². The summed E-state index contributed by atoms with van der Waals surface area (Å²) in [5.74, 6) is -0.834. The van der Waals surface area contributed by atoms with Crippen LogP contribution < -0.4 is 11.1 Å². The van der Waals surface area contributed by atoms with E-state index in [9.17, 15) is 23.5 Å². The van der Waals surface area contributed by atoms with Gasteiger partial charge in [-0.15, -0.1) is 0 Å². The van der Waals surface area contributed by atoms with Gasteiger partial charge in [0.2, 0.25) is 0 Å². The van der Waals surface area contributed by atoms with Crippen molar-refractivity contribution in [3.63, 3.8) is 0 Å². The Hall–Kier alpha value is -3.64. The van der Waals surface area contributed by atoms with Gasteiger partial charge in [0.15, 0.2) is 5.82 Å². The largest absolute Gasteiger partial charge is 0.507 e. The van der Waals surface area contributed by atoms with Crippen molar-refractivity contribution in [2.24, 2.45) is 0 Å². The molecule has 3 rings (SSSR count). The average Bonchev–Trinajstić information content (AvgIpc) is 2.67. The Bertz CT molecular complexity index is 1110. The van der Waals surface area contributed by atoms with Gasteiger partial charge in [0.05, 0.1) is 16.8 Å². The molecule has 2 aromatic carbocycles. The second kappa shape index (κ2) is 7.77. The van der Waals surface area contributed by atoms with Crippen LogP contribution in [0.2, 0.25) is 0 Å². The summed E-state index contributed by atoms with van der Waals surface area (Å²) in [6.45, 7) is 0.567. The van der Waals surface area contributed by atoms with Gasteiger partial charge in [-0.05, 0) is 36.9 Å². The Morgan fingerprint density at radius 1 is 1.17 bits per heavy atom. The first kappa shape index (κ1) is 20.1. The number of hydrogen-bond donors (Lipinski definition) is 3. The van der Waals surface area contributed by atoms with Gasteiger partial charge in [0, 0.05) is 12.1 Å². The predicted molar refractivity (Wildman–Crippen MR) is 101 cm³/mol. The minimum atomic E-state index is -4.61. The Labute approximate surface area is 164 Å². The van der Waals surface area contributed by atoms with Gasteiger partial charge in [-0.2, -0.15) is 18.4 Å². The number of phenolic OH excluding ortho intramolecular Hbond substituents is 1. The number of nitrogens with two attached hydrogens (primary N) is 1. The van der Waals surface area contributed by atoms with Gasteiger partial charge >= 0.3 is 6.18 Å². The lowest BCUT2D eigenvalue weighted by Gasteiger charge is -2.13. The van der Waals surface area contributed by atoms with Crippen LogP contribution >= 0.6 is 0 Å². The monoisotopic (exact) mass is 399 g/mol. The maximum absolute atomic E-state index is 13.1. The number of aromatic hydroxyl groups is 1. The Kier molecular flexibility index (Phi) is 5.39. The van der Waals surface area contributed by atoms with E-state index in [-0.39, 0.29) is 28.5 Å². The fourth-order valence-corrected chi connectivity index (χ4v) is 2.84. The second-order valence-electron chi connectivity index (χ2n) is 6.23. The number of benzene rings is 2. The number of alkyl halides is 3. The lowest BCUT2D eigenvalue weighted by atomic mass is 10.0. The molecule has 0 radical (unpaired) electrons. The summed E-state index contributed by atoms with van der Waals surface area (Å²) in [4.78, 5) is 8.22. The molecule has 9 heteroatoms. The third-order valence-electron chi connectivity index (χ3n) is 4.19. The van der Waals surface area contributed by atoms with E-state index >= 15 is 0 Å². The minimum absolute atomic E-state index is 0.00169. The molecule has 0 amide bonds. The fourth-order valence-electron chi connectivity index (χ4n) is 2.84. The summed E-state index contributed by atoms with van der Waals surface area (Å²) < 4.78 is 39.2. The zero-order valence-corrected chi connectivity index (χ0v) is 15.2. The van der Waals surface area contributed by atoms with Gasteiger partial charge in [0.1, 0.15) is 23.2 Å². The van der Waals surface area contributed by atoms with E-state index in [1.807, 2.05) is 12.1 Å². The molecule has 4 N–H and O–H groups in total. The highest BCUT2D eigenvalue weighted by Gasteiger charge is 2.31. The zero-order valence-electron chi connectivity index (χ0n) is 15.2. The van der Waals surface area contributed by atoms with Crippen LogP contribution in [0.5, 0.6) is 5.75 Å². The van der Waals surface area contributed by atoms with Crippen LogP contribution in [-0.2, 0) is 12.7 Å².